The Morgan fingerprint density at radius 3 is 2.55 bits per heavy atom. The maximum atomic E-state index is 11.5. The number of nitrogens with zero attached hydrogens (tertiary/aromatic N) is 1. The smallest absolute Gasteiger partial charge is 0.221 e. The molecule has 6 nitrogen and oxygen atoms in total. The van der Waals surface area contributed by atoms with Gasteiger partial charge in [0.05, 0.1) is 30.4 Å². The lowest BCUT2D eigenvalue weighted by Gasteiger charge is -2.09. The van der Waals surface area contributed by atoms with Crippen LogP contribution in [0.25, 0.3) is 0 Å². The number of anilines is 2. The summed E-state index contributed by atoms with van der Waals surface area (Å²) in [5.74, 6) is 0.0165. The van der Waals surface area contributed by atoms with Gasteiger partial charge >= 0.3 is 0 Å². The number of carbonyl (C=O) groups excluding carboxylic acids is 1. The van der Waals surface area contributed by atoms with E-state index in [2.05, 4.69) is 27.9 Å². The summed E-state index contributed by atoms with van der Waals surface area (Å²) >= 11 is 0. The molecule has 1 rings (SSSR count). The summed E-state index contributed by atoms with van der Waals surface area (Å²) in [4.78, 5) is 15.6. The van der Waals surface area contributed by atoms with Crippen LogP contribution >= 0.6 is 0 Å². The highest BCUT2D eigenvalue weighted by atomic mass is 16.5. The Kier molecular flexibility index (Phi) is 8.14. The Balaban J connectivity index is 2.25. The summed E-state index contributed by atoms with van der Waals surface area (Å²) in [5.41, 5.74) is 1.90. The molecule has 0 spiro atoms. The number of pyridine rings is 1. The minimum absolute atomic E-state index is 0.0165. The van der Waals surface area contributed by atoms with E-state index in [4.69, 9.17) is 4.74 Å². The van der Waals surface area contributed by atoms with E-state index in [0.29, 0.717) is 26.1 Å². The monoisotopic (exact) mass is 280 g/mol. The molecule has 1 amide bonds. The lowest BCUT2D eigenvalue weighted by Crippen LogP contribution is -2.28. The van der Waals surface area contributed by atoms with Crippen molar-refractivity contribution in [2.24, 2.45) is 0 Å². The summed E-state index contributed by atoms with van der Waals surface area (Å²) < 4.78 is 4.87. The van der Waals surface area contributed by atoms with Crippen molar-refractivity contribution in [1.29, 1.82) is 0 Å². The average molecular weight is 280 g/mol. The molecule has 0 aliphatic carbocycles. The number of methoxy groups -OCH3 is 1. The minimum atomic E-state index is 0.0165. The van der Waals surface area contributed by atoms with Crippen LogP contribution < -0.4 is 16.0 Å². The van der Waals surface area contributed by atoms with E-state index in [9.17, 15) is 4.79 Å². The first kappa shape index (κ1) is 16.2. The van der Waals surface area contributed by atoms with Crippen molar-refractivity contribution >= 4 is 17.3 Å². The van der Waals surface area contributed by atoms with E-state index in [0.717, 1.165) is 24.3 Å². The third kappa shape index (κ3) is 6.94. The largest absolute Gasteiger partial charge is 0.384 e. The Morgan fingerprint density at radius 2 is 1.90 bits per heavy atom. The van der Waals surface area contributed by atoms with E-state index in [-0.39, 0.29) is 5.91 Å². The van der Waals surface area contributed by atoms with Crippen LogP contribution in [-0.4, -0.2) is 44.2 Å². The zero-order valence-corrected chi connectivity index (χ0v) is 12.2. The molecule has 0 atom stereocenters. The number of hydrogen-bond acceptors (Lipinski definition) is 5. The standard InChI is InChI=1S/C14H24N4O2/c1-3-5-16-12-9-13(11-15-10-12)17-6-4-14(19)18-7-8-20-2/h9-11,16-17H,3-8H2,1-2H3,(H,18,19). The Bertz CT molecular complexity index is 399. The number of rotatable bonds is 10. The molecule has 0 bridgehead atoms. The fraction of sp³-hybridized carbons (Fsp3) is 0.571. The molecule has 6 heteroatoms. The van der Waals surface area contributed by atoms with Crippen LogP contribution in [-0.2, 0) is 9.53 Å². The van der Waals surface area contributed by atoms with Gasteiger partial charge in [0.15, 0.2) is 0 Å². The van der Waals surface area contributed by atoms with Crippen LogP contribution in [0.4, 0.5) is 11.4 Å². The van der Waals surface area contributed by atoms with Crippen LogP contribution in [0.5, 0.6) is 0 Å². The molecule has 1 heterocycles. The zero-order valence-electron chi connectivity index (χ0n) is 12.2. The van der Waals surface area contributed by atoms with Gasteiger partial charge in [-0.3, -0.25) is 9.78 Å². The lowest BCUT2D eigenvalue weighted by atomic mass is 10.3. The molecule has 112 valence electrons. The van der Waals surface area contributed by atoms with Crippen molar-refractivity contribution in [3.63, 3.8) is 0 Å². The molecule has 0 aliphatic rings. The average Bonchev–Trinajstić information content (AvgIpc) is 2.46. The summed E-state index contributed by atoms with van der Waals surface area (Å²) in [6, 6.07) is 1.99. The Hall–Kier alpha value is -1.82. The molecule has 1 aromatic rings. The molecule has 0 radical (unpaired) electrons. The van der Waals surface area contributed by atoms with Gasteiger partial charge in [-0.05, 0) is 12.5 Å². The number of aromatic nitrogens is 1. The van der Waals surface area contributed by atoms with Gasteiger partial charge < -0.3 is 20.7 Å². The maximum absolute atomic E-state index is 11.5. The van der Waals surface area contributed by atoms with Crippen molar-refractivity contribution in [2.45, 2.75) is 19.8 Å². The van der Waals surface area contributed by atoms with Gasteiger partial charge in [-0.15, -0.1) is 0 Å². The third-order valence-electron chi connectivity index (χ3n) is 2.63. The van der Waals surface area contributed by atoms with E-state index in [1.165, 1.54) is 0 Å². The Morgan fingerprint density at radius 1 is 1.20 bits per heavy atom. The predicted molar refractivity (Wildman–Crippen MR) is 81.0 cm³/mol. The predicted octanol–water partition coefficient (Wildman–Crippen LogP) is 1.47. The van der Waals surface area contributed by atoms with Crippen LogP contribution in [0.1, 0.15) is 19.8 Å². The second-order valence-corrected chi connectivity index (χ2v) is 4.41. The molecule has 0 saturated heterocycles. The fourth-order valence-corrected chi connectivity index (χ4v) is 1.60. The number of amides is 1. The molecule has 20 heavy (non-hydrogen) atoms. The van der Waals surface area contributed by atoms with E-state index in [1.807, 2.05) is 6.07 Å². The third-order valence-corrected chi connectivity index (χ3v) is 2.63. The topological polar surface area (TPSA) is 75.3 Å². The van der Waals surface area contributed by atoms with Crippen molar-refractivity contribution in [1.82, 2.24) is 10.3 Å². The summed E-state index contributed by atoms with van der Waals surface area (Å²) in [6.45, 7) is 4.71. The van der Waals surface area contributed by atoms with E-state index >= 15 is 0 Å². The van der Waals surface area contributed by atoms with Crippen molar-refractivity contribution in [2.75, 3.05) is 44.0 Å². The highest BCUT2D eigenvalue weighted by Gasteiger charge is 2.01. The number of hydrogen-bond donors (Lipinski definition) is 3. The lowest BCUT2D eigenvalue weighted by molar-refractivity contribution is -0.121. The Labute approximate surface area is 120 Å². The number of carbonyl (C=O) groups is 1. The number of ether oxygens (including phenoxy) is 1. The molecule has 0 unspecified atom stereocenters. The fourth-order valence-electron chi connectivity index (χ4n) is 1.60. The maximum Gasteiger partial charge on any atom is 0.221 e. The molecular weight excluding hydrogens is 256 g/mol. The van der Waals surface area contributed by atoms with Gasteiger partial charge in [0.25, 0.3) is 0 Å². The van der Waals surface area contributed by atoms with Crippen molar-refractivity contribution < 1.29 is 9.53 Å². The van der Waals surface area contributed by atoms with Crippen molar-refractivity contribution in [3.8, 4) is 0 Å². The first-order valence-corrected chi connectivity index (χ1v) is 6.94. The normalized spacial score (nSPS) is 10.1. The quantitative estimate of drug-likeness (QED) is 0.566. The van der Waals surface area contributed by atoms with Crippen LogP contribution in [0.15, 0.2) is 18.5 Å². The minimum Gasteiger partial charge on any atom is -0.384 e. The van der Waals surface area contributed by atoms with Crippen LogP contribution in [0.2, 0.25) is 0 Å². The first-order chi connectivity index (χ1) is 9.76. The van der Waals surface area contributed by atoms with E-state index in [1.54, 1.807) is 19.5 Å². The second-order valence-electron chi connectivity index (χ2n) is 4.41. The second kappa shape index (κ2) is 10.0. The first-order valence-electron chi connectivity index (χ1n) is 6.94. The SMILES string of the molecule is CCCNc1cncc(NCCC(=O)NCCOC)c1. The van der Waals surface area contributed by atoms with Crippen molar-refractivity contribution in [3.05, 3.63) is 18.5 Å². The molecule has 0 aliphatic heterocycles. The highest BCUT2D eigenvalue weighted by Crippen LogP contribution is 2.12. The highest BCUT2D eigenvalue weighted by molar-refractivity contribution is 5.76. The molecule has 3 N–H and O–H groups in total. The van der Waals surface area contributed by atoms with E-state index < -0.39 is 0 Å². The molecular formula is C14H24N4O2. The van der Waals surface area contributed by atoms with Crippen LogP contribution in [0.3, 0.4) is 0 Å². The van der Waals surface area contributed by atoms with Gasteiger partial charge in [-0.1, -0.05) is 6.92 Å². The van der Waals surface area contributed by atoms with Crippen LogP contribution in [0, 0.1) is 0 Å². The van der Waals surface area contributed by atoms with Gasteiger partial charge in [-0.25, -0.2) is 0 Å². The van der Waals surface area contributed by atoms with Gasteiger partial charge in [0, 0.05) is 33.2 Å². The zero-order chi connectivity index (χ0) is 14.6. The van der Waals surface area contributed by atoms with Gasteiger partial charge in [0.1, 0.15) is 0 Å². The summed E-state index contributed by atoms with van der Waals surface area (Å²) in [6.07, 6.45) is 5.04. The molecule has 0 aromatic carbocycles. The van der Waals surface area contributed by atoms with Gasteiger partial charge in [-0.2, -0.15) is 0 Å². The summed E-state index contributed by atoms with van der Waals surface area (Å²) in [7, 11) is 1.61. The molecule has 1 aromatic heterocycles. The summed E-state index contributed by atoms with van der Waals surface area (Å²) in [5, 5.41) is 9.24. The van der Waals surface area contributed by atoms with Gasteiger partial charge in [0.2, 0.25) is 5.91 Å². The molecule has 0 saturated carbocycles. The molecule has 0 fully saturated rings. The number of nitrogens with one attached hydrogen (secondary N) is 3.